The second-order valence-corrected chi connectivity index (χ2v) is 7.94. The minimum atomic E-state index is -0.985. The lowest BCUT2D eigenvalue weighted by atomic mass is 10.1. The normalized spacial score (nSPS) is 16.3. The number of aryl methyl sites for hydroxylation is 1. The number of carbonyl (C=O) groups is 2. The van der Waals surface area contributed by atoms with Gasteiger partial charge in [-0.3, -0.25) is 4.79 Å². The van der Waals surface area contributed by atoms with Crippen molar-refractivity contribution in [3.8, 4) is 11.3 Å². The molecule has 6 nitrogen and oxygen atoms in total. The Morgan fingerprint density at radius 3 is 2.63 bits per heavy atom. The zero-order chi connectivity index (χ0) is 21.3. The van der Waals surface area contributed by atoms with Gasteiger partial charge >= 0.3 is 5.97 Å². The van der Waals surface area contributed by atoms with Gasteiger partial charge in [0.15, 0.2) is 5.17 Å². The SMILES string of the molecule is Cc1ccc(N=C2NC(=O)C(=Cc3ccc(-c4ccc(C(=O)O)cc4)o3)S2)cc1Cl. The van der Waals surface area contributed by atoms with Gasteiger partial charge in [0.1, 0.15) is 11.5 Å². The minimum absolute atomic E-state index is 0.202. The largest absolute Gasteiger partial charge is 0.478 e. The molecule has 0 aliphatic carbocycles. The molecule has 0 saturated carbocycles. The molecule has 30 heavy (non-hydrogen) atoms. The number of carboxylic acid groups (broad SMARTS) is 1. The van der Waals surface area contributed by atoms with E-state index in [-0.39, 0.29) is 11.5 Å². The maximum atomic E-state index is 12.3. The van der Waals surface area contributed by atoms with Gasteiger partial charge in [-0.05, 0) is 60.6 Å². The molecule has 8 heteroatoms. The molecular weight excluding hydrogens is 424 g/mol. The van der Waals surface area contributed by atoms with Crippen molar-refractivity contribution in [2.24, 2.45) is 4.99 Å². The average molecular weight is 439 g/mol. The molecule has 2 N–H and O–H groups in total. The van der Waals surface area contributed by atoms with Crippen molar-refractivity contribution in [3.63, 3.8) is 0 Å². The third-order valence-electron chi connectivity index (χ3n) is 4.35. The molecule has 0 unspecified atom stereocenters. The van der Waals surface area contributed by atoms with Crippen LogP contribution in [0.4, 0.5) is 5.69 Å². The molecule has 150 valence electrons. The van der Waals surface area contributed by atoms with Gasteiger partial charge < -0.3 is 14.8 Å². The Balaban J connectivity index is 1.52. The number of furan rings is 1. The first-order valence-corrected chi connectivity index (χ1v) is 10.1. The molecule has 2 aromatic carbocycles. The number of halogens is 1. The predicted molar refractivity (Wildman–Crippen MR) is 118 cm³/mol. The molecule has 1 aliphatic rings. The number of aliphatic imine (C=N–C) groups is 1. The summed E-state index contributed by atoms with van der Waals surface area (Å²) in [5.74, 6) is -0.170. The van der Waals surface area contributed by atoms with Crippen molar-refractivity contribution < 1.29 is 19.1 Å². The number of carboxylic acids is 1. The van der Waals surface area contributed by atoms with Gasteiger partial charge in [0.25, 0.3) is 5.91 Å². The van der Waals surface area contributed by atoms with Crippen LogP contribution in [0.15, 0.2) is 68.9 Å². The fourth-order valence-electron chi connectivity index (χ4n) is 2.74. The summed E-state index contributed by atoms with van der Waals surface area (Å²) in [5, 5.41) is 12.8. The first kappa shape index (κ1) is 20.0. The molecule has 4 rings (SSSR count). The number of hydrogen-bond acceptors (Lipinski definition) is 5. The molecule has 1 saturated heterocycles. The summed E-state index contributed by atoms with van der Waals surface area (Å²) in [6.07, 6.45) is 1.64. The van der Waals surface area contributed by atoms with E-state index in [0.717, 1.165) is 11.1 Å². The van der Waals surface area contributed by atoms with E-state index < -0.39 is 5.97 Å². The molecule has 1 aromatic heterocycles. The van der Waals surface area contributed by atoms with Crippen LogP contribution in [0, 0.1) is 6.92 Å². The number of rotatable bonds is 4. The van der Waals surface area contributed by atoms with Crippen LogP contribution < -0.4 is 5.32 Å². The second-order valence-electron chi connectivity index (χ2n) is 6.50. The van der Waals surface area contributed by atoms with E-state index >= 15 is 0 Å². The molecule has 2 heterocycles. The number of aromatic carboxylic acids is 1. The highest BCUT2D eigenvalue weighted by Crippen LogP contribution is 2.31. The Morgan fingerprint density at radius 2 is 1.93 bits per heavy atom. The van der Waals surface area contributed by atoms with E-state index in [1.54, 1.807) is 36.4 Å². The maximum absolute atomic E-state index is 12.3. The first-order valence-electron chi connectivity index (χ1n) is 8.88. The molecule has 0 radical (unpaired) electrons. The number of benzene rings is 2. The summed E-state index contributed by atoms with van der Waals surface area (Å²) >= 11 is 7.34. The van der Waals surface area contributed by atoms with E-state index in [4.69, 9.17) is 21.1 Å². The number of carbonyl (C=O) groups excluding carboxylic acids is 1. The number of hydrogen-bond donors (Lipinski definition) is 2. The number of amidine groups is 1. The summed E-state index contributed by atoms with van der Waals surface area (Å²) in [6.45, 7) is 1.91. The van der Waals surface area contributed by atoms with Crippen molar-refractivity contribution in [2.45, 2.75) is 6.92 Å². The Kier molecular flexibility index (Phi) is 5.48. The highest BCUT2D eigenvalue weighted by Gasteiger charge is 2.24. The van der Waals surface area contributed by atoms with Crippen LogP contribution in [-0.2, 0) is 4.79 Å². The maximum Gasteiger partial charge on any atom is 0.335 e. The topological polar surface area (TPSA) is 91.9 Å². The van der Waals surface area contributed by atoms with E-state index in [1.807, 2.05) is 19.1 Å². The Hall–Kier alpha value is -3.29. The van der Waals surface area contributed by atoms with Gasteiger partial charge in [-0.1, -0.05) is 29.8 Å². The standard InChI is InChI=1S/C22H15ClN2O4S/c1-12-2-7-15(10-17(12)23)24-22-25-20(26)19(30-22)11-16-8-9-18(29-16)13-3-5-14(6-4-13)21(27)28/h2-11H,1H3,(H,27,28)(H,24,25,26). The summed E-state index contributed by atoms with van der Waals surface area (Å²) < 4.78 is 5.79. The van der Waals surface area contributed by atoms with Crippen molar-refractivity contribution in [1.82, 2.24) is 5.32 Å². The molecular formula is C22H15ClN2O4S. The number of nitrogens with zero attached hydrogens (tertiary/aromatic N) is 1. The van der Waals surface area contributed by atoms with Crippen LogP contribution >= 0.6 is 23.4 Å². The average Bonchev–Trinajstić information content (AvgIpc) is 3.32. The Labute approximate surface area is 181 Å². The quantitative estimate of drug-likeness (QED) is 0.525. The van der Waals surface area contributed by atoms with Gasteiger partial charge in [-0.2, -0.15) is 0 Å². The lowest BCUT2D eigenvalue weighted by molar-refractivity contribution is -0.115. The number of nitrogens with one attached hydrogen (secondary N) is 1. The van der Waals surface area contributed by atoms with E-state index in [1.165, 1.54) is 23.9 Å². The summed E-state index contributed by atoms with van der Waals surface area (Å²) in [6, 6.07) is 15.3. The fourth-order valence-corrected chi connectivity index (χ4v) is 3.74. The third-order valence-corrected chi connectivity index (χ3v) is 5.67. The molecule has 1 amide bonds. The van der Waals surface area contributed by atoms with Crippen LogP contribution in [-0.4, -0.2) is 22.2 Å². The van der Waals surface area contributed by atoms with Crippen LogP contribution in [0.3, 0.4) is 0 Å². The number of thioether (sulfide) groups is 1. The molecule has 0 spiro atoms. The highest BCUT2D eigenvalue weighted by atomic mass is 35.5. The van der Waals surface area contributed by atoms with Crippen LogP contribution in [0.2, 0.25) is 5.02 Å². The van der Waals surface area contributed by atoms with Crippen LogP contribution in [0.5, 0.6) is 0 Å². The Bertz CT molecular complexity index is 1210. The molecule has 0 bridgehead atoms. The smallest absolute Gasteiger partial charge is 0.335 e. The fraction of sp³-hybridized carbons (Fsp3) is 0.0455. The molecule has 0 atom stereocenters. The summed E-state index contributed by atoms with van der Waals surface area (Å²) in [7, 11) is 0. The zero-order valence-electron chi connectivity index (χ0n) is 15.7. The van der Waals surface area contributed by atoms with Gasteiger partial charge in [0.05, 0.1) is 16.2 Å². The molecule has 3 aromatic rings. The van der Waals surface area contributed by atoms with E-state index in [0.29, 0.717) is 32.3 Å². The van der Waals surface area contributed by atoms with Gasteiger partial charge in [-0.15, -0.1) is 0 Å². The minimum Gasteiger partial charge on any atom is -0.478 e. The lowest BCUT2D eigenvalue weighted by Gasteiger charge is -2.00. The third kappa shape index (κ3) is 4.32. The van der Waals surface area contributed by atoms with Gasteiger partial charge in [0.2, 0.25) is 0 Å². The lowest BCUT2D eigenvalue weighted by Crippen LogP contribution is -2.19. The zero-order valence-corrected chi connectivity index (χ0v) is 17.3. The first-order chi connectivity index (χ1) is 14.4. The number of amides is 1. The Morgan fingerprint density at radius 1 is 1.17 bits per heavy atom. The van der Waals surface area contributed by atoms with E-state index in [2.05, 4.69) is 10.3 Å². The monoisotopic (exact) mass is 438 g/mol. The summed E-state index contributed by atoms with van der Waals surface area (Å²) in [5.41, 5.74) is 2.55. The van der Waals surface area contributed by atoms with Crippen LogP contribution in [0.25, 0.3) is 17.4 Å². The van der Waals surface area contributed by atoms with Crippen LogP contribution in [0.1, 0.15) is 21.7 Å². The van der Waals surface area contributed by atoms with Crippen molar-refractivity contribution in [1.29, 1.82) is 0 Å². The predicted octanol–water partition coefficient (Wildman–Crippen LogP) is 5.50. The van der Waals surface area contributed by atoms with Gasteiger partial charge in [0, 0.05) is 16.7 Å². The highest BCUT2D eigenvalue weighted by molar-refractivity contribution is 8.18. The molecule has 1 fully saturated rings. The second kappa shape index (κ2) is 8.22. The van der Waals surface area contributed by atoms with Gasteiger partial charge in [-0.25, -0.2) is 9.79 Å². The molecule has 1 aliphatic heterocycles. The summed E-state index contributed by atoms with van der Waals surface area (Å²) in [4.78, 5) is 28.1. The van der Waals surface area contributed by atoms with E-state index in [9.17, 15) is 9.59 Å². The van der Waals surface area contributed by atoms with Crippen molar-refractivity contribution in [2.75, 3.05) is 0 Å². The van der Waals surface area contributed by atoms with Crippen molar-refractivity contribution >= 4 is 52.2 Å². The van der Waals surface area contributed by atoms with Crippen molar-refractivity contribution in [3.05, 3.63) is 81.4 Å².